The van der Waals surface area contributed by atoms with Crippen molar-refractivity contribution in [3.8, 4) is 0 Å². The highest BCUT2D eigenvalue weighted by molar-refractivity contribution is 6.35. The molecule has 0 aromatic heterocycles. The maximum atomic E-state index is 12.6. The minimum atomic E-state index is -0.133. The zero-order chi connectivity index (χ0) is 18.8. The second-order valence-electron chi connectivity index (χ2n) is 6.58. The molecule has 4 nitrogen and oxygen atoms in total. The lowest BCUT2D eigenvalue weighted by Gasteiger charge is -2.17. The Morgan fingerprint density at radius 3 is 2.65 bits per heavy atom. The third-order valence-corrected chi connectivity index (χ3v) is 5.12. The van der Waals surface area contributed by atoms with Crippen molar-refractivity contribution in [1.29, 1.82) is 0 Å². The number of carbonyl (C=O) groups is 2. The number of hydrogen-bond donors (Lipinski definition) is 1. The van der Waals surface area contributed by atoms with Gasteiger partial charge in [-0.05, 0) is 61.2 Å². The van der Waals surface area contributed by atoms with Crippen molar-refractivity contribution in [3.05, 3.63) is 63.1 Å². The zero-order valence-corrected chi connectivity index (χ0v) is 16.2. The molecule has 26 heavy (non-hydrogen) atoms. The molecule has 0 aliphatic carbocycles. The van der Waals surface area contributed by atoms with Crippen molar-refractivity contribution in [3.63, 3.8) is 0 Å². The highest BCUT2D eigenvalue weighted by Gasteiger charge is 2.23. The molecule has 2 amide bonds. The molecular weight excluding hydrogens is 371 g/mol. The summed E-state index contributed by atoms with van der Waals surface area (Å²) < 4.78 is 0. The fourth-order valence-corrected chi connectivity index (χ4v) is 3.73. The lowest BCUT2D eigenvalue weighted by atomic mass is 10.1. The van der Waals surface area contributed by atoms with Gasteiger partial charge in [-0.2, -0.15) is 0 Å². The molecule has 2 aromatic rings. The molecule has 1 aliphatic heterocycles. The monoisotopic (exact) mass is 390 g/mol. The normalized spacial score (nSPS) is 14.1. The summed E-state index contributed by atoms with van der Waals surface area (Å²) >= 11 is 12.1. The Kier molecular flexibility index (Phi) is 5.54. The van der Waals surface area contributed by atoms with E-state index in [1.165, 1.54) is 0 Å². The van der Waals surface area contributed by atoms with Gasteiger partial charge in [-0.25, -0.2) is 0 Å². The van der Waals surface area contributed by atoms with Crippen molar-refractivity contribution >= 4 is 40.7 Å². The van der Waals surface area contributed by atoms with E-state index in [1.54, 1.807) is 30.0 Å². The first-order valence-electron chi connectivity index (χ1n) is 8.51. The van der Waals surface area contributed by atoms with Crippen LogP contribution >= 0.6 is 23.2 Å². The highest BCUT2D eigenvalue weighted by atomic mass is 35.5. The van der Waals surface area contributed by atoms with Gasteiger partial charge in [0.1, 0.15) is 0 Å². The molecule has 0 fully saturated rings. The highest BCUT2D eigenvalue weighted by Crippen LogP contribution is 2.29. The van der Waals surface area contributed by atoms with Gasteiger partial charge in [-0.15, -0.1) is 0 Å². The Morgan fingerprint density at radius 1 is 1.19 bits per heavy atom. The third kappa shape index (κ3) is 4.02. The third-order valence-electron chi connectivity index (χ3n) is 4.54. The number of hydrogen-bond acceptors (Lipinski definition) is 2. The van der Waals surface area contributed by atoms with Crippen molar-refractivity contribution in [2.24, 2.45) is 0 Å². The predicted molar refractivity (Wildman–Crippen MR) is 105 cm³/mol. The fourth-order valence-electron chi connectivity index (χ4n) is 3.25. The molecule has 2 aromatic carbocycles. The van der Waals surface area contributed by atoms with Gasteiger partial charge in [0.15, 0.2) is 0 Å². The first-order chi connectivity index (χ1) is 12.3. The van der Waals surface area contributed by atoms with Gasteiger partial charge < -0.3 is 10.2 Å². The van der Waals surface area contributed by atoms with E-state index in [4.69, 9.17) is 23.2 Å². The number of benzene rings is 2. The van der Waals surface area contributed by atoms with Gasteiger partial charge in [0.2, 0.25) is 5.91 Å². The Morgan fingerprint density at radius 2 is 1.96 bits per heavy atom. The lowest BCUT2D eigenvalue weighted by molar-refractivity contribution is -0.116. The minimum Gasteiger partial charge on any atom is -0.349 e. The molecule has 1 atom stereocenters. The van der Waals surface area contributed by atoms with Gasteiger partial charge in [0.25, 0.3) is 5.91 Å². The van der Waals surface area contributed by atoms with Gasteiger partial charge in [0, 0.05) is 40.8 Å². The van der Waals surface area contributed by atoms with E-state index in [0.29, 0.717) is 28.6 Å². The number of anilines is 1. The summed E-state index contributed by atoms with van der Waals surface area (Å²) in [5, 5.41) is 4.19. The van der Waals surface area contributed by atoms with Gasteiger partial charge >= 0.3 is 0 Å². The number of nitrogens with one attached hydrogen (secondary N) is 1. The van der Waals surface area contributed by atoms with Crippen LogP contribution < -0.4 is 10.2 Å². The summed E-state index contributed by atoms with van der Waals surface area (Å²) in [5.41, 5.74) is 3.47. The Balaban J connectivity index is 1.67. The van der Waals surface area contributed by atoms with Crippen LogP contribution in [0.25, 0.3) is 0 Å². The predicted octanol–water partition coefficient (Wildman–Crippen LogP) is 4.26. The summed E-state index contributed by atoms with van der Waals surface area (Å²) in [7, 11) is 0. The van der Waals surface area contributed by atoms with Crippen molar-refractivity contribution in [2.75, 3.05) is 11.4 Å². The topological polar surface area (TPSA) is 49.4 Å². The molecule has 1 aliphatic rings. The maximum Gasteiger partial charge on any atom is 0.251 e. The quantitative estimate of drug-likeness (QED) is 0.847. The molecule has 1 unspecified atom stereocenters. The smallest absolute Gasteiger partial charge is 0.251 e. The largest absolute Gasteiger partial charge is 0.349 e. The summed E-state index contributed by atoms with van der Waals surface area (Å²) in [6, 6.07) is 10.8. The van der Waals surface area contributed by atoms with Crippen LogP contribution in [0.1, 0.15) is 35.3 Å². The van der Waals surface area contributed by atoms with Gasteiger partial charge in [-0.1, -0.05) is 29.3 Å². The molecule has 3 rings (SSSR count). The molecular formula is C20H20Cl2N2O2. The second kappa shape index (κ2) is 7.68. The molecule has 1 N–H and O–H groups in total. The van der Waals surface area contributed by atoms with Crippen LogP contribution in [0.3, 0.4) is 0 Å². The molecule has 0 saturated heterocycles. The average molecular weight is 391 g/mol. The molecule has 0 radical (unpaired) electrons. The van der Waals surface area contributed by atoms with E-state index >= 15 is 0 Å². The van der Waals surface area contributed by atoms with Gasteiger partial charge in [0.05, 0.1) is 0 Å². The van der Waals surface area contributed by atoms with Crippen LogP contribution in [0.2, 0.25) is 10.0 Å². The average Bonchev–Trinajstić information content (AvgIpc) is 3.00. The van der Waals surface area contributed by atoms with E-state index in [1.807, 2.05) is 25.1 Å². The van der Waals surface area contributed by atoms with Crippen LogP contribution in [0, 0.1) is 0 Å². The van der Waals surface area contributed by atoms with Crippen molar-refractivity contribution < 1.29 is 9.59 Å². The maximum absolute atomic E-state index is 12.6. The number of rotatable bonds is 4. The number of nitrogens with zero attached hydrogens (tertiary/aromatic N) is 1. The molecule has 6 heteroatoms. The van der Waals surface area contributed by atoms with Crippen LogP contribution in [-0.2, 0) is 17.6 Å². The van der Waals surface area contributed by atoms with E-state index in [9.17, 15) is 9.59 Å². The van der Waals surface area contributed by atoms with E-state index < -0.39 is 0 Å². The van der Waals surface area contributed by atoms with Crippen molar-refractivity contribution in [2.45, 2.75) is 32.7 Å². The summed E-state index contributed by atoms with van der Waals surface area (Å²) in [5.74, 6) is -0.110. The molecule has 0 saturated carbocycles. The molecule has 1 heterocycles. The van der Waals surface area contributed by atoms with Crippen LogP contribution in [0.15, 0.2) is 36.4 Å². The molecule has 136 valence electrons. The molecule has 0 bridgehead atoms. The summed E-state index contributed by atoms with van der Waals surface area (Å²) in [6.07, 6.45) is 1.39. The lowest BCUT2D eigenvalue weighted by Crippen LogP contribution is -2.34. The SMILES string of the molecule is CC(=O)N1CCc2cc(C(=O)NC(C)Cc3ccc(Cl)cc3Cl)ccc21. The second-order valence-corrected chi connectivity index (χ2v) is 7.42. The number of carbonyl (C=O) groups excluding carboxylic acids is 2. The Hall–Kier alpha value is -2.04. The Labute approximate surface area is 163 Å². The van der Waals surface area contributed by atoms with E-state index in [0.717, 1.165) is 23.2 Å². The fraction of sp³-hybridized carbons (Fsp3) is 0.300. The van der Waals surface area contributed by atoms with Crippen LogP contribution in [-0.4, -0.2) is 24.4 Å². The number of halogens is 2. The summed E-state index contributed by atoms with van der Waals surface area (Å²) in [6.45, 7) is 4.16. The Bertz CT molecular complexity index is 867. The van der Waals surface area contributed by atoms with Gasteiger partial charge in [-0.3, -0.25) is 9.59 Å². The number of amides is 2. The first-order valence-corrected chi connectivity index (χ1v) is 9.26. The van der Waals surface area contributed by atoms with E-state index in [2.05, 4.69) is 5.32 Å². The number of fused-ring (bicyclic) bond motifs is 1. The zero-order valence-electron chi connectivity index (χ0n) is 14.7. The standard InChI is InChI=1S/C20H20Cl2N2O2/c1-12(9-14-3-5-17(21)11-18(14)22)23-20(26)16-4-6-19-15(10-16)7-8-24(19)13(2)25/h3-6,10-12H,7-9H2,1-2H3,(H,23,26). The first kappa shape index (κ1) is 18.7. The van der Waals surface area contributed by atoms with Crippen molar-refractivity contribution in [1.82, 2.24) is 5.32 Å². The minimum absolute atomic E-state index is 0.0226. The van der Waals surface area contributed by atoms with E-state index in [-0.39, 0.29) is 17.9 Å². The van der Waals surface area contributed by atoms with Crippen LogP contribution in [0.4, 0.5) is 5.69 Å². The van der Waals surface area contributed by atoms with Crippen LogP contribution in [0.5, 0.6) is 0 Å². The summed E-state index contributed by atoms with van der Waals surface area (Å²) in [4.78, 5) is 25.9. The molecule has 0 spiro atoms.